The number of hydrogen-bond acceptors (Lipinski definition) is 4. The van der Waals surface area contributed by atoms with Crippen LogP contribution in [0.5, 0.6) is 0 Å². The number of nitrogens with one attached hydrogen (secondary N) is 1. The Balaban J connectivity index is 1.35. The third-order valence-corrected chi connectivity index (χ3v) is 5.37. The van der Waals surface area contributed by atoms with Crippen molar-refractivity contribution >= 4 is 28.7 Å². The standard InChI is InChI=1S/C22H22N4O3/c1-15-2-8-19-20(14-15)24-22(23-19)17-10-12-25(13-11-17)21(27)9-5-16-3-6-18(7-4-16)26(28)29/h2-9,14,17H,10-13H2,1H3,(H,23,24)/b9-5+. The van der Waals surface area contributed by atoms with Crippen molar-refractivity contribution in [2.24, 2.45) is 0 Å². The Bertz CT molecular complexity index is 1080. The first kappa shape index (κ1) is 18.9. The van der Waals surface area contributed by atoms with Crippen LogP contribution in [0.25, 0.3) is 17.1 Å². The molecule has 1 aliphatic rings. The van der Waals surface area contributed by atoms with Crippen molar-refractivity contribution in [3.8, 4) is 0 Å². The molecule has 0 radical (unpaired) electrons. The normalized spacial score (nSPS) is 15.3. The highest BCUT2D eigenvalue weighted by atomic mass is 16.6. The highest BCUT2D eigenvalue weighted by Gasteiger charge is 2.24. The number of nitro benzene ring substituents is 1. The predicted octanol–water partition coefficient (Wildman–Crippen LogP) is 4.20. The molecule has 7 nitrogen and oxygen atoms in total. The summed E-state index contributed by atoms with van der Waals surface area (Å²) < 4.78 is 0. The third kappa shape index (κ3) is 4.18. The number of nitro groups is 1. The lowest BCUT2D eigenvalue weighted by Gasteiger charge is -2.30. The first-order chi connectivity index (χ1) is 14.0. The lowest BCUT2D eigenvalue weighted by Crippen LogP contribution is -2.37. The molecule has 3 aromatic rings. The zero-order chi connectivity index (χ0) is 20.4. The Morgan fingerprint density at radius 3 is 2.62 bits per heavy atom. The van der Waals surface area contributed by atoms with Crippen molar-refractivity contribution in [1.29, 1.82) is 0 Å². The van der Waals surface area contributed by atoms with E-state index < -0.39 is 4.92 Å². The summed E-state index contributed by atoms with van der Waals surface area (Å²) in [7, 11) is 0. The van der Waals surface area contributed by atoms with E-state index >= 15 is 0 Å². The molecular formula is C22H22N4O3. The number of non-ortho nitro benzene ring substituents is 1. The molecule has 2 aromatic carbocycles. The van der Waals surface area contributed by atoms with Gasteiger partial charge in [0.25, 0.3) is 5.69 Å². The van der Waals surface area contributed by atoms with Crippen LogP contribution >= 0.6 is 0 Å². The van der Waals surface area contributed by atoms with Gasteiger partial charge in [-0.25, -0.2) is 4.98 Å². The maximum atomic E-state index is 12.5. The highest BCUT2D eigenvalue weighted by Crippen LogP contribution is 2.28. The van der Waals surface area contributed by atoms with Crippen molar-refractivity contribution in [2.75, 3.05) is 13.1 Å². The molecule has 1 amide bonds. The van der Waals surface area contributed by atoms with E-state index in [0.717, 1.165) is 35.3 Å². The Morgan fingerprint density at radius 1 is 1.21 bits per heavy atom. The van der Waals surface area contributed by atoms with Crippen LogP contribution in [0.3, 0.4) is 0 Å². The second kappa shape index (κ2) is 7.87. The molecule has 1 saturated heterocycles. The number of carbonyl (C=O) groups is 1. The van der Waals surface area contributed by atoms with Crippen LogP contribution in [-0.4, -0.2) is 38.8 Å². The summed E-state index contributed by atoms with van der Waals surface area (Å²) in [6.07, 6.45) is 4.97. The second-order valence-electron chi connectivity index (χ2n) is 7.42. The van der Waals surface area contributed by atoms with Gasteiger partial charge in [0.1, 0.15) is 5.82 Å². The molecule has 0 spiro atoms. The molecule has 0 aliphatic carbocycles. The second-order valence-corrected chi connectivity index (χ2v) is 7.42. The van der Waals surface area contributed by atoms with Crippen LogP contribution in [0.4, 0.5) is 5.69 Å². The predicted molar refractivity (Wildman–Crippen MR) is 112 cm³/mol. The van der Waals surface area contributed by atoms with Crippen molar-refractivity contribution < 1.29 is 9.72 Å². The number of amides is 1. The van der Waals surface area contributed by atoms with E-state index in [1.54, 1.807) is 18.2 Å². The third-order valence-electron chi connectivity index (χ3n) is 5.37. The number of carbonyl (C=O) groups excluding carboxylic acids is 1. The van der Waals surface area contributed by atoms with E-state index in [-0.39, 0.29) is 11.6 Å². The highest BCUT2D eigenvalue weighted by molar-refractivity contribution is 5.91. The molecule has 0 unspecified atom stereocenters. The number of aromatic amines is 1. The first-order valence-corrected chi connectivity index (χ1v) is 9.67. The number of rotatable bonds is 4. The van der Waals surface area contributed by atoms with Crippen LogP contribution in [-0.2, 0) is 4.79 Å². The average Bonchev–Trinajstić information content (AvgIpc) is 3.15. The van der Waals surface area contributed by atoms with Crippen LogP contribution in [0.2, 0.25) is 0 Å². The fraction of sp³-hybridized carbons (Fsp3) is 0.273. The molecular weight excluding hydrogens is 368 g/mol. The fourth-order valence-electron chi connectivity index (χ4n) is 3.69. The summed E-state index contributed by atoms with van der Waals surface area (Å²) in [6, 6.07) is 12.3. The van der Waals surface area contributed by atoms with E-state index in [2.05, 4.69) is 24.0 Å². The monoisotopic (exact) mass is 390 g/mol. The number of aryl methyl sites for hydroxylation is 1. The van der Waals surface area contributed by atoms with Crippen LogP contribution < -0.4 is 0 Å². The molecule has 7 heteroatoms. The van der Waals surface area contributed by atoms with Crippen LogP contribution in [0, 0.1) is 17.0 Å². The summed E-state index contributed by atoms with van der Waals surface area (Å²) in [5, 5.41) is 10.7. The van der Waals surface area contributed by atoms with Gasteiger partial charge in [0.15, 0.2) is 0 Å². The smallest absolute Gasteiger partial charge is 0.269 e. The topological polar surface area (TPSA) is 92.1 Å². The van der Waals surface area contributed by atoms with Gasteiger partial charge in [-0.05, 0) is 61.2 Å². The van der Waals surface area contributed by atoms with E-state index in [0.29, 0.717) is 19.0 Å². The molecule has 0 saturated carbocycles. The van der Waals surface area contributed by atoms with E-state index in [1.165, 1.54) is 23.8 Å². The Morgan fingerprint density at radius 2 is 1.93 bits per heavy atom. The molecule has 2 heterocycles. The van der Waals surface area contributed by atoms with Crippen LogP contribution in [0.1, 0.15) is 35.7 Å². The summed E-state index contributed by atoms with van der Waals surface area (Å²) in [4.78, 5) is 32.7. The van der Waals surface area contributed by atoms with Crippen molar-refractivity contribution in [3.05, 3.63) is 75.6 Å². The summed E-state index contributed by atoms with van der Waals surface area (Å²) in [6.45, 7) is 3.43. The van der Waals surface area contributed by atoms with E-state index in [4.69, 9.17) is 4.98 Å². The van der Waals surface area contributed by atoms with E-state index in [9.17, 15) is 14.9 Å². The maximum Gasteiger partial charge on any atom is 0.269 e. The molecule has 0 bridgehead atoms. The van der Waals surface area contributed by atoms with Gasteiger partial charge in [-0.1, -0.05) is 6.07 Å². The van der Waals surface area contributed by atoms with Crippen LogP contribution in [0.15, 0.2) is 48.5 Å². The largest absolute Gasteiger partial charge is 0.342 e. The number of benzene rings is 2. The first-order valence-electron chi connectivity index (χ1n) is 9.67. The van der Waals surface area contributed by atoms with Gasteiger partial charge in [-0.15, -0.1) is 0 Å². The SMILES string of the molecule is Cc1ccc2nc(C3CCN(C(=O)/C=C/c4ccc([N+](=O)[O-])cc4)CC3)[nH]c2c1. The number of aromatic nitrogens is 2. The van der Waals surface area contributed by atoms with E-state index in [1.807, 2.05) is 11.0 Å². The number of piperidine rings is 1. The van der Waals surface area contributed by atoms with Gasteiger partial charge in [0.05, 0.1) is 16.0 Å². The Labute approximate surface area is 168 Å². The summed E-state index contributed by atoms with van der Waals surface area (Å²) >= 11 is 0. The van der Waals surface area contributed by atoms with Gasteiger partial charge in [0.2, 0.25) is 5.91 Å². The number of H-pyrrole nitrogens is 1. The van der Waals surface area contributed by atoms with Gasteiger partial charge >= 0.3 is 0 Å². The molecule has 148 valence electrons. The molecule has 0 atom stereocenters. The fourth-order valence-corrected chi connectivity index (χ4v) is 3.69. The minimum Gasteiger partial charge on any atom is -0.342 e. The number of imidazole rings is 1. The summed E-state index contributed by atoms with van der Waals surface area (Å²) in [5.41, 5.74) is 4.04. The molecule has 1 fully saturated rings. The Kier molecular flexibility index (Phi) is 5.12. The molecule has 29 heavy (non-hydrogen) atoms. The lowest BCUT2D eigenvalue weighted by atomic mass is 9.96. The number of hydrogen-bond donors (Lipinski definition) is 1. The number of fused-ring (bicyclic) bond motifs is 1. The van der Waals surface area contributed by atoms with Crippen molar-refractivity contribution in [3.63, 3.8) is 0 Å². The molecule has 4 rings (SSSR count). The quantitative estimate of drug-likeness (QED) is 0.410. The number of likely N-dealkylation sites (tertiary alicyclic amines) is 1. The minimum absolute atomic E-state index is 0.0382. The lowest BCUT2D eigenvalue weighted by molar-refractivity contribution is -0.384. The summed E-state index contributed by atoms with van der Waals surface area (Å²) in [5.74, 6) is 1.28. The van der Waals surface area contributed by atoms with Gasteiger partial charge in [0, 0.05) is 37.2 Å². The van der Waals surface area contributed by atoms with Crippen molar-refractivity contribution in [1.82, 2.24) is 14.9 Å². The van der Waals surface area contributed by atoms with Gasteiger partial charge in [-0.3, -0.25) is 14.9 Å². The maximum absolute atomic E-state index is 12.5. The van der Waals surface area contributed by atoms with Gasteiger partial charge in [-0.2, -0.15) is 0 Å². The zero-order valence-corrected chi connectivity index (χ0v) is 16.2. The van der Waals surface area contributed by atoms with Gasteiger partial charge < -0.3 is 9.88 Å². The number of nitrogens with zero attached hydrogens (tertiary/aromatic N) is 3. The minimum atomic E-state index is -0.439. The average molecular weight is 390 g/mol. The Hall–Kier alpha value is -3.48. The molecule has 1 aliphatic heterocycles. The molecule has 1 aromatic heterocycles. The molecule has 1 N–H and O–H groups in total. The van der Waals surface area contributed by atoms with Crippen molar-refractivity contribution in [2.45, 2.75) is 25.7 Å². The zero-order valence-electron chi connectivity index (χ0n) is 16.2.